The number of carbonyl (C=O) groups is 4. The van der Waals surface area contributed by atoms with E-state index in [9.17, 15) is 19.2 Å². The Morgan fingerprint density at radius 2 is 1.62 bits per heavy atom. The van der Waals surface area contributed by atoms with E-state index in [1.807, 2.05) is 20.8 Å². The van der Waals surface area contributed by atoms with Crippen LogP contribution in [0.1, 0.15) is 121 Å². The number of unbranched alkanes of at least 4 members (excludes halogenated alkanes) is 1. The van der Waals surface area contributed by atoms with Crippen molar-refractivity contribution in [3.63, 3.8) is 0 Å². The molecule has 3 N–H and O–H groups in total. The van der Waals surface area contributed by atoms with Gasteiger partial charge in [0.2, 0.25) is 11.8 Å². The smallest absolute Gasteiger partial charge is 0.444 e. The van der Waals surface area contributed by atoms with E-state index < -0.39 is 30.8 Å². The zero-order valence-corrected chi connectivity index (χ0v) is 29.7. The number of rotatable bonds is 15. The Hall–Kier alpha value is -2.14. The quantitative estimate of drug-likeness (QED) is 0.167. The van der Waals surface area contributed by atoms with Gasteiger partial charge in [-0.1, -0.05) is 48.0 Å². The monoisotopic (exact) mass is 633 g/mol. The van der Waals surface area contributed by atoms with Crippen molar-refractivity contribution in [3.8, 4) is 0 Å². The minimum absolute atomic E-state index is 0.00390. The molecule has 1 aliphatic heterocycles. The van der Waals surface area contributed by atoms with Crippen LogP contribution in [0.2, 0.25) is 0 Å². The molecule has 0 unspecified atom stereocenters. The minimum atomic E-state index is -0.699. The van der Waals surface area contributed by atoms with Gasteiger partial charge in [0.05, 0.1) is 23.7 Å². The molecule has 0 aromatic carbocycles. The summed E-state index contributed by atoms with van der Waals surface area (Å²) in [5.74, 6) is -0.485. The fraction of sp³-hybridized carbons (Fsp3) is 0.882. The first-order valence-corrected chi connectivity index (χ1v) is 17.2. The van der Waals surface area contributed by atoms with E-state index in [1.165, 1.54) is 0 Å². The highest BCUT2D eigenvalue weighted by Gasteiger charge is 2.68. The number of nitrogens with one attached hydrogen (secondary N) is 3. The molecule has 7 atom stereocenters. The van der Waals surface area contributed by atoms with Gasteiger partial charge in [0, 0.05) is 24.8 Å². The number of Topliss-reactive ketones (excluding diaryl/α,β-unsaturated/α-hetero) is 1. The van der Waals surface area contributed by atoms with E-state index in [0.717, 1.165) is 12.8 Å². The summed E-state index contributed by atoms with van der Waals surface area (Å²) < 4.78 is 18.6. The molecule has 0 radical (unpaired) electrons. The normalized spacial score (nSPS) is 27.2. The van der Waals surface area contributed by atoms with Crippen molar-refractivity contribution in [2.75, 3.05) is 6.54 Å². The van der Waals surface area contributed by atoms with Gasteiger partial charge in [0.1, 0.15) is 5.60 Å². The Labute approximate surface area is 271 Å². The first kappa shape index (κ1) is 37.3. The van der Waals surface area contributed by atoms with Gasteiger partial charge in [0.25, 0.3) is 0 Å². The molecule has 3 amide bonds. The highest BCUT2D eigenvalue weighted by Crippen LogP contribution is 2.65. The second-order valence-electron chi connectivity index (χ2n) is 16.3. The average molecular weight is 634 g/mol. The van der Waals surface area contributed by atoms with Crippen LogP contribution in [0.3, 0.4) is 0 Å². The number of alkyl carbamates (subject to hydrolysis) is 1. The van der Waals surface area contributed by atoms with Crippen molar-refractivity contribution in [2.24, 2.45) is 35.0 Å². The van der Waals surface area contributed by atoms with Crippen LogP contribution in [0, 0.1) is 35.0 Å². The lowest BCUT2D eigenvalue weighted by molar-refractivity contribution is -0.199. The number of hydrogen-bond acceptors (Lipinski definition) is 7. The van der Waals surface area contributed by atoms with Crippen molar-refractivity contribution in [3.05, 3.63) is 0 Å². The fourth-order valence-corrected chi connectivity index (χ4v) is 7.34. The lowest BCUT2D eigenvalue weighted by Crippen LogP contribution is -2.65. The van der Waals surface area contributed by atoms with Gasteiger partial charge in [-0.25, -0.2) is 4.79 Å². The summed E-state index contributed by atoms with van der Waals surface area (Å²) >= 11 is 0. The van der Waals surface area contributed by atoms with Crippen LogP contribution in [0.15, 0.2) is 0 Å². The molecule has 0 aromatic rings. The fourth-order valence-electron chi connectivity index (χ4n) is 7.34. The van der Waals surface area contributed by atoms with Gasteiger partial charge < -0.3 is 30.0 Å². The molecule has 2 bridgehead atoms. The molecule has 4 rings (SSSR count). The Balaban J connectivity index is 1.68. The Kier molecular flexibility index (Phi) is 12.2. The molecule has 3 aliphatic carbocycles. The predicted molar refractivity (Wildman–Crippen MR) is 175 cm³/mol. The van der Waals surface area contributed by atoms with E-state index in [-0.39, 0.29) is 58.9 Å². The molecule has 1 saturated heterocycles. The first-order valence-electron chi connectivity index (χ1n) is 17.2. The van der Waals surface area contributed by atoms with Crippen LogP contribution < -0.4 is 16.0 Å². The first-order chi connectivity index (χ1) is 20.7. The number of ketones is 1. The summed E-state index contributed by atoms with van der Waals surface area (Å²) in [6.45, 7) is 22.1. The van der Waals surface area contributed by atoms with Gasteiger partial charge in [-0.2, -0.15) is 0 Å². The largest absolute Gasteiger partial charge is 0.481 e. The SMILES string of the molecule is CC(C)C[C@H](NC(=O)[C@H](CCCCNC(=O)OC(C)(C)C)CC(=O)[C@H](C)NC(=O)C(C)C)B1O[C@@H]2C[C@@H]3C[C@@H](C3(C)C)[C@]2(C)O1. The summed E-state index contributed by atoms with van der Waals surface area (Å²) in [7, 11) is -0.555. The van der Waals surface area contributed by atoms with Crippen LogP contribution in [-0.2, 0) is 28.4 Å². The summed E-state index contributed by atoms with van der Waals surface area (Å²) in [6.07, 6.45) is 4.02. The zero-order chi connectivity index (χ0) is 33.9. The van der Waals surface area contributed by atoms with Gasteiger partial charge in [0.15, 0.2) is 5.78 Å². The second kappa shape index (κ2) is 14.7. The highest BCUT2D eigenvalue weighted by atomic mass is 16.7. The van der Waals surface area contributed by atoms with Crippen LogP contribution in [-0.4, -0.2) is 66.6 Å². The van der Waals surface area contributed by atoms with E-state index in [4.69, 9.17) is 14.0 Å². The molecule has 4 fully saturated rings. The summed E-state index contributed by atoms with van der Waals surface area (Å²) in [4.78, 5) is 51.4. The maximum atomic E-state index is 13.9. The average Bonchev–Trinajstić information content (AvgIpc) is 3.27. The molecular weight excluding hydrogens is 573 g/mol. The van der Waals surface area contributed by atoms with Crippen molar-refractivity contribution in [1.29, 1.82) is 0 Å². The van der Waals surface area contributed by atoms with Gasteiger partial charge in [-0.15, -0.1) is 0 Å². The number of ether oxygens (including phenoxy) is 1. The van der Waals surface area contributed by atoms with Gasteiger partial charge >= 0.3 is 13.2 Å². The number of hydrogen-bond donors (Lipinski definition) is 3. The molecule has 256 valence electrons. The van der Waals surface area contributed by atoms with Crippen LogP contribution in [0.5, 0.6) is 0 Å². The summed E-state index contributed by atoms with van der Waals surface area (Å²) in [6, 6.07) is -0.699. The van der Waals surface area contributed by atoms with E-state index in [0.29, 0.717) is 44.1 Å². The molecule has 0 spiro atoms. The number of carbonyl (C=O) groups excluding carboxylic acids is 4. The maximum Gasteiger partial charge on any atom is 0.481 e. The van der Waals surface area contributed by atoms with E-state index >= 15 is 0 Å². The standard InChI is InChI=1S/C34H60BN3O7/c1-20(2)16-28(35-44-27-19-24-18-26(33(24,9)10)34(27,11)45-35)38-30(41)23(17-25(39)22(5)37-29(40)21(3)4)14-12-13-15-36-31(42)43-32(6,7)8/h20-24,26-28H,12-19H2,1-11H3,(H,36,42)(H,37,40)(H,38,41)/t22-,23+,24-,26-,27+,28-,34-/m0/s1. The third kappa shape index (κ3) is 9.46. The highest BCUT2D eigenvalue weighted by molar-refractivity contribution is 6.47. The van der Waals surface area contributed by atoms with Crippen molar-refractivity contribution < 1.29 is 33.2 Å². The Morgan fingerprint density at radius 3 is 2.20 bits per heavy atom. The zero-order valence-electron chi connectivity index (χ0n) is 29.7. The van der Waals surface area contributed by atoms with Crippen molar-refractivity contribution in [1.82, 2.24) is 16.0 Å². The van der Waals surface area contributed by atoms with Crippen LogP contribution in [0.4, 0.5) is 4.79 Å². The Morgan fingerprint density at radius 1 is 0.956 bits per heavy atom. The molecule has 3 saturated carbocycles. The van der Waals surface area contributed by atoms with Crippen molar-refractivity contribution in [2.45, 2.75) is 150 Å². The lowest BCUT2D eigenvalue weighted by Gasteiger charge is -2.64. The molecule has 10 nitrogen and oxygen atoms in total. The van der Waals surface area contributed by atoms with Crippen LogP contribution in [0.25, 0.3) is 0 Å². The van der Waals surface area contributed by atoms with Gasteiger partial charge in [-0.3, -0.25) is 14.4 Å². The van der Waals surface area contributed by atoms with E-state index in [1.54, 1.807) is 20.8 Å². The third-order valence-corrected chi connectivity index (χ3v) is 10.2. The predicted octanol–water partition coefficient (Wildman–Crippen LogP) is 5.22. The third-order valence-electron chi connectivity index (χ3n) is 10.2. The van der Waals surface area contributed by atoms with Gasteiger partial charge in [-0.05, 0) is 89.9 Å². The molecule has 45 heavy (non-hydrogen) atoms. The van der Waals surface area contributed by atoms with Crippen molar-refractivity contribution >= 4 is 30.8 Å². The molecule has 0 aromatic heterocycles. The topological polar surface area (TPSA) is 132 Å². The Bertz CT molecular complexity index is 1070. The molecular formula is C34H60BN3O7. The number of amides is 3. The van der Waals surface area contributed by atoms with E-state index in [2.05, 4.69) is 50.6 Å². The summed E-state index contributed by atoms with van der Waals surface area (Å²) in [5.41, 5.74) is -0.754. The van der Waals surface area contributed by atoms with Crippen LogP contribution >= 0.6 is 0 Å². The maximum absolute atomic E-state index is 13.9. The molecule has 4 aliphatic rings. The summed E-state index contributed by atoms with van der Waals surface area (Å²) in [5, 5.41) is 8.76. The molecule has 11 heteroatoms. The second-order valence-corrected chi connectivity index (χ2v) is 16.3. The minimum Gasteiger partial charge on any atom is -0.444 e. The lowest BCUT2D eigenvalue weighted by atomic mass is 9.43. The molecule has 1 heterocycles.